The standard InChI is InChI=1S/C11H12N6O/c12-9-8-11(18)17-5-6(4-16(9)17)14-10-7(15-8)2-1-3-13-10/h1-2,6H,3-5,12H2,(H,13,14). The van der Waals surface area contributed by atoms with Gasteiger partial charge in [-0.2, -0.15) is 0 Å². The lowest BCUT2D eigenvalue weighted by atomic mass is 10.2. The summed E-state index contributed by atoms with van der Waals surface area (Å²) in [5.41, 5.74) is 6.88. The fraction of sp³-hybridized carbons (Fsp3) is 0.364. The van der Waals surface area contributed by atoms with Gasteiger partial charge in [-0.05, 0) is 6.08 Å². The van der Waals surface area contributed by atoms with Crippen LogP contribution >= 0.6 is 0 Å². The molecule has 7 nitrogen and oxygen atoms in total. The van der Waals surface area contributed by atoms with Crippen molar-refractivity contribution in [2.24, 2.45) is 9.98 Å². The Hall–Kier alpha value is -2.31. The molecule has 92 valence electrons. The zero-order valence-electron chi connectivity index (χ0n) is 9.63. The summed E-state index contributed by atoms with van der Waals surface area (Å²) in [6, 6.07) is 0.141. The summed E-state index contributed by atoms with van der Waals surface area (Å²) in [6.07, 6.45) is 3.80. The molecule has 4 bridgehead atoms. The van der Waals surface area contributed by atoms with Crippen LogP contribution in [0.5, 0.6) is 0 Å². The highest BCUT2D eigenvalue weighted by molar-refractivity contribution is 6.46. The van der Waals surface area contributed by atoms with E-state index in [2.05, 4.69) is 15.3 Å². The monoisotopic (exact) mass is 244 g/mol. The molecule has 1 aromatic rings. The second kappa shape index (κ2) is 3.12. The zero-order valence-corrected chi connectivity index (χ0v) is 9.63. The molecular weight excluding hydrogens is 232 g/mol. The zero-order chi connectivity index (χ0) is 12.3. The topological polar surface area (TPSA) is 89.7 Å². The number of amidine groups is 1. The number of nitrogen functional groups attached to an aromatic ring is 1. The van der Waals surface area contributed by atoms with Crippen molar-refractivity contribution in [3.63, 3.8) is 0 Å². The Bertz CT molecular complexity index is 689. The van der Waals surface area contributed by atoms with Crippen molar-refractivity contribution in [2.75, 3.05) is 12.3 Å². The summed E-state index contributed by atoms with van der Waals surface area (Å²) in [7, 11) is 0. The fourth-order valence-corrected chi connectivity index (χ4v) is 2.64. The SMILES string of the molecule is Nc1c2c(=O)n3n1CC(C3)NC1=NCC=CC1=N2. The first kappa shape index (κ1) is 9.69. The van der Waals surface area contributed by atoms with Crippen molar-refractivity contribution >= 4 is 23.1 Å². The molecule has 0 aromatic carbocycles. The molecule has 0 radical (unpaired) electrons. The molecular formula is C11H12N6O. The molecule has 0 aliphatic carbocycles. The van der Waals surface area contributed by atoms with Gasteiger partial charge in [0.05, 0.1) is 25.7 Å². The van der Waals surface area contributed by atoms with Crippen LogP contribution in [0.4, 0.5) is 11.5 Å². The van der Waals surface area contributed by atoms with Crippen LogP contribution in [0, 0.1) is 0 Å². The van der Waals surface area contributed by atoms with Crippen molar-refractivity contribution in [1.82, 2.24) is 14.7 Å². The highest BCUT2D eigenvalue weighted by Crippen LogP contribution is 2.24. The molecule has 1 unspecified atom stereocenters. The number of nitrogens with two attached hydrogens (primary N) is 1. The van der Waals surface area contributed by atoms with Crippen molar-refractivity contribution in [1.29, 1.82) is 0 Å². The normalized spacial score (nSPS) is 23.7. The Balaban J connectivity index is 2.02. The highest BCUT2D eigenvalue weighted by Gasteiger charge is 2.31. The van der Waals surface area contributed by atoms with Crippen LogP contribution in [-0.4, -0.2) is 33.5 Å². The van der Waals surface area contributed by atoms with Gasteiger partial charge >= 0.3 is 0 Å². The van der Waals surface area contributed by atoms with Gasteiger partial charge in [-0.25, -0.2) is 9.67 Å². The van der Waals surface area contributed by atoms with Gasteiger partial charge in [-0.3, -0.25) is 14.5 Å². The number of aromatic nitrogens is 2. The van der Waals surface area contributed by atoms with Crippen molar-refractivity contribution < 1.29 is 0 Å². The van der Waals surface area contributed by atoms with Gasteiger partial charge in [-0.15, -0.1) is 0 Å². The van der Waals surface area contributed by atoms with E-state index in [-0.39, 0.29) is 11.6 Å². The summed E-state index contributed by atoms with van der Waals surface area (Å²) >= 11 is 0. The highest BCUT2D eigenvalue weighted by atomic mass is 16.1. The molecule has 0 fully saturated rings. The van der Waals surface area contributed by atoms with Gasteiger partial charge in [0.15, 0.2) is 11.5 Å². The number of nitrogens with one attached hydrogen (secondary N) is 1. The van der Waals surface area contributed by atoms with Crippen molar-refractivity contribution in [2.45, 2.75) is 19.1 Å². The van der Waals surface area contributed by atoms with E-state index in [9.17, 15) is 4.79 Å². The lowest BCUT2D eigenvalue weighted by Gasteiger charge is -2.15. The molecule has 0 saturated carbocycles. The quantitative estimate of drug-likeness (QED) is 0.629. The summed E-state index contributed by atoms with van der Waals surface area (Å²) in [4.78, 5) is 20.9. The van der Waals surface area contributed by atoms with E-state index in [1.807, 2.05) is 12.2 Å². The van der Waals surface area contributed by atoms with Crippen LogP contribution in [0.1, 0.15) is 0 Å². The lowest BCUT2D eigenvalue weighted by Crippen LogP contribution is -2.40. The Morgan fingerprint density at radius 1 is 1.39 bits per heavy atom. The van der Waals surface area contributed by atoms with Crippen molar-refractivity contribution in [3.05, 3.63) is 22.5 Å². The minimum absolute atomic E-state index is 0.121. The van der Waals surface area contributed by atoms with Gasteiger partial charge in [0.1, 0.15) is 11.5 Å². The first-order chi connectivity index (χ1) is 8.74. The lowest BCUT2D eigenvalue weighted by molar-refractivity contribution is 0.581. The average Bonchev–Trinajstić information content (AvgIpc) is 2.89. The number of rotatable bonds is 0. The molecule has 3 N–H and O–H groups in total. The second-order valence-corrected chi connectivity index (χ2v) is 4.63. The maximum atomic E-state index is 12.2. The van der Waals surface area contributed by atoms with Gasteiger partial charge in [0, 0.05) is 0 Å². The van der Waals surface area contributed by atoms with Gasteiger partial charge in [0.25, 0.3) is 5.56 Å². The molecule has 5 rings (SSSR count). The van der Waals surface area contributed by atoms with Crippen LogP contribution in [0.3, 0.4) is 0 Å². The largest absolute Gasteiger partial charge is 0.382 e. The van der Waals surface area contributed by atoms with E-state index in [4.69, 9.17) is 5.73 Å². The first-order valence-electron chi connectivity index (χ1n) is 5.89. The van der Waals surface area contributed by atoms with Crippen LogP contribution in [-0.2, 0) is 13.1 Å². The van der Waals surface area contributed by atoms with E-state index in [1.165, 1.54) is 0 Å². The van der Waals surface area contributed by atoms with E-state index >= 15 is 0 Å². The maximum Gasteiger partial charge on any atom is 0.294 e. The van der Waals surface area contributed by atoms with Crippen LogP contribution in [0.15, 0.2) is 26.9 Å². The van der Waals surface area contributed by atoms with E-state index < -0.39 is 0 Å². The van der Waals surface area contributed by atoms with Gasteiger partial charge < -0.3 is 11.1 Å². The predicted molar refractivity (Wildman–Crippen MR) is 68.6 cm³/mol. The Morgan fingerprint density at radius 3 is 3.06 bits per heavy atom. The number of nitrogens with zero attached hydrogens (tertiary/aromatic N) is 4. The molecule has 0 saturated heterocycles. The van der Waals surface area contributed by atoms with Gasteiger partial charge in [0.2, 0.25) is 0 Å². The molecule has 1 atom stereocenters. The summed E-state index contributed by atoms with van der Waals surface area (Å²) < 4.78 is 3.44. The Labute approximate surface area is 102 Å². The van der Waals surface area contributed by atoms with Crippen LogP contribution in [0.25, 0.3) is 0 Å². The van der Waals surface area contributed by atoms with E-state index in [0.717, 1.165) is 5.84 Å². The molecule has 0 spiro atoms. The molecule has 4 aliphatic heterocycles. The first-order valence-corrected chi connectivity index (χ1v) is 5.89. The third kappa shape index (κ3) is 1.10. The number of hydrogen-bond donors (Lipinski definition) is 2. The molecule has 5 heterocycles. The van der Waals surface area contributed by atoms with E-state index in [0.29, 0.717) is 36.9 Å². The summed E-state index contributed by atoms with van der Waals surface area (Å²) in [6.45, 7) is 1.92. The minimum atomic E-state index is -0.121. The van der Waals surface area contributed by atoms with Crippen molar-refractivity contribution in [3.8, 4) is 0 Å². The average molecular weight is 244 g/mol. The molecule has 18 heavy (non-hydrogen) atoms. The second-order valence-electron chi connectivity index (χ2n) is 4.63. The molecule has 7 heteroatoms. The molecule has 0 amide bonds. The van der Waals surface area contributed by atoms with E-state index in [1.54, 1.807) is 9.36 Å². The van der Waals surface area contributed by atoms with Gasteiger partial charge in [-0.1, -0.05) is 6.08 Å². The summed E-state index contributed by atoms with van der Waals surface area (Å²) in [5.74, 6) is 1.20. The molecule has 1 aromatic heterocycles. The number of hydrogen-bond acceptors (Lipinski definition) is 5. The molecule has 4 aliphatic rings. The smallest absolute Gasteiger partial charge is 0.294 e. The third-order valence-corrected chi connectivity index (χ3v) is 3.48. The summed E-state index contributed by atoms with van der Waals surface area (Å²) in [5, 5.41) is 3.34. The van der Waals surface area contributed by atoms with Crippen LogP contribution < -0.4 is 16.6 Å². The van der Waals surface area contributed by atoms with Crippen LogP contribution in [0.2, 0.25) is 0 Å². The maximum absolute atomic E-state index is 12.2. The Kier molecular flexibility index (Phi) is 1.68. The number of aliphatic imine (C=N–C) groups is 2. The minimum Gasteiger partial charge on any atom is -0.382 e. The predicted octanol–water partition coefficient (Wildman–Crippen LogP) is -0.742. The Morgan fingerprint density at radius 2 is 2.22 bits per heavy atom. The number of dihydropyridines is 1. The number of anilines is 1. The third-order valence-electron chi connectivity index (χ3n) is 3.48. The fourth-order valence-electron chi connectivity index (χ4n) is 2.64.